The van der Waals surface area contributed by atoms with Gasteiger partial charge in [0.1, 0.15) is 5.82 Å². The lowest BCUT2D eigenvalue weighted by atomic mass is 9.89. The number of nitrogens with two attached hydrogens (primary N) is 2. The van der Waals surface area contributed by atoms with Gasteiger partial charge in [-0.05, 0) is 81.3 Å². The molecule has 1 unspecified atom stereocenters. The predicted molar refractivity (Wildman–Crippen MR) is 154 cm³/mol. The largest absolute Gasteiger partial charge is 0.401 e. The van der Waals surface area contributed by atoms with Crippen molar-refractivity contribution in [3.63, 3.8) is 0 Å². The molecule has 1 atom stereocenters. The third-order valence-corrected chi connectivity index (χ3v) is 7.79. The Morgan fingerprint density at radius 3 is 2.56 bits per heavy atom. The van der Waals surface area contributed by atoms with E-state index < -0.39 is 5.60 Å². The minimum Gasteiger partial charge on any atom is -0.401 e. The van der Waals surface area contributed by atoms with E-state index in [1.165, 1.54) is 11.1 Å². The summed E-state index contributed by atoms with van der Waals surface area (Å²) in [6.07, 6.45) is 4.52. The number of hydrogen-bond acceptors (Lipinski definition) is 6. The van der Waals surface area contributed by atoms with E-state index in [9.17, 15) is 9.50 Å². The number of ether oxygens (including phenoxy) is 1. The van der Waals surface area contributed by atoms with E-state index in [-0.39, 0.29) is 11.9 Å². The molecule has 0 saturated carbocycles. The van der Waals surface area contributed by atoms with Crippen molar-refractivity contribution in [1.29, 1.82) is 0 Å². The number of allylic oxidation sites excluding steroid dienone is 1. The van der Waals surface area contributed by atoms with Gasteiger partial charge < -0.3 is 25.2 Å². The standard InChI is InChI=1S/C31H38FN5O2/c1-19(33)30(36(4)34)22-16-28-29(35-18-22)25-9-8-23(31(2,3)38)17-27(25)37(28)26(14-20-10-12-39-13-11-20)21-6-5-7-24(32)15-21/h5-9,15-18,20,26,38H,10-14,33-34H2,1-4H3/b30-19-. The van der Waals surface area contributed by atoms with Crippen molar-refractivity contribution >= 4 is 27.6 Å². The molecule has 1 aliphatic rings. The molecule has 3 heterocycles. The first-order chi connectivity index (χ1) is 18.5. The van der Waals surface area contributed by atoms with Crippen LogP contribution in [0.4, 0.5) is 4.39 Å². The molecule has 0 aliphatic carbocycles. The minimum absolute atomic E-state index is 0.167. The van der Waals surface area contributed by atoms with Crippen LogP contribution in [0.3, 0.4) is 0 Å². The molecule has 4 aromatic rings. The molecule has 5 rings (SSSR count). The number of aromatic nitrogens is 2. The lowest BCUT2D eigenvalue weighted by Gasteiger charge is -2.29. The summed E-state index contributed by atoms with van der Waals surface area (Å²) in [6, 6.07) is 14.8. The van der Waals surface area contributed by atoms with Gasteiger partial charge in [-0.25, -0.2) is 10.2 Å². The van der Waals surface area contributed by atoms with E-state index in [1.807, 2.05) is 31.2 Å². The molecule has 0 bridgehead atoms. The Morgan fingerprint density at radius 2 is 1.92 bits per heavy atom. The molecule has 39 heavy (non-hydrogen) atoms. The number of nitrogens with zero attached hydrogens (tertiary/aromatic N) is 3. The van der Waals surface area contributed by atoms with Crippen molar-refractivity contribution < 1.29 is 14.2 Å². The average molecular weight is 532 g/mol. The van der Waals surface area contributed by atoms with Gasteiger partial charge in [0.15, 0.2) is 0 Å². The van der Waals surface area contributed by atoms with Crippen LogP contribution >= 0.6 is 0 Å². The minimum atomic E-state index is -1.03. The number of rotatable bonds is 7. The lowest BCUT2D eigenvalue weighted by molar-refractivity contribution is 0.0609. The van der Waals surface area contributed by atoms with Crippen LogP contribution in [-0.2, 0) is 10.3 Å². The highest BCUT2D eigenvalue weighted by atomic mass is 19.1. The van der Waals surface area contributed by atoms with E-state index >= 15 is 0 Å². The van der Waals surface area contributed by atoms with E-state index in [2.05, 4.69) is 10.6 Å². The molecule has 0 amide bonds. The molecule has 206 valence electrons. The summed E-state index contributed by atoms with van der Waals surface area (Å²) < 4.78 is 22.5. The molecule has 1 aliphatic heterocycles. The second-order valence-electron chi connectivity index (χ2n) is 11.3. The number of aliphatic hydroxyl groups is 1. The molecule has 2 aromatic carbocycles. The van der Waals surface area contributed by atoms with Crippen LogP contribution in [0.2, 0.25) is 0 Å². The smallest absolute Gasteiger partial charge is 0.123 e. The van der Waals surface area contributed by atoms with Gasteiger partial charge in [-0.15, -0.1) is 0 Å². The Labute approximate surface area is 228 Å². The van der Waals surface area contributed by atoms with Crippen LogP contribution in [0.15, 0.2) is 60.4 Å². The zero-order valence-electron chi connectivity index (χ0n) is 23.1. The van der Waals surface area contributed by atoms with Crippen LogP contribution in [0.5, 0.6) is 0 Å². The molecular formula is C31H38FN5O2. The summed E-state index contributed by atoms with van der Waals surface area (Å²) in [6.45, 7) is 6.84. The zero-order valence-corrected chi connectivity index (χ0v) is 23.1. The molecule has 2 aromatic heterocycles. The number of hydrogen-bond donors (Lipinski definition) is 3. The molecule has 1 fully saturated rings. The molecule has 8 heteroatoms. The third kappa shape index (κ3) is 5.37. The van der Waals surface area contributed by atoms with Crippen LogP contribution in [-0.4, -0.2) is 39.9 Å². The molecular weight excluding hydrogens is 493 g/mol. The SMILES string of the molecule is C/C(N)=C(\c1cnc2c3ccc(C(C)(C)O)cc3n(C(CC3CCOCC3)c3cccc(F)c3)c2c1)N(C)N. The first kappa shape index (κ1) is 27.1. The fourth-order valence-corrected chi connectivity index (χ4v) is 5.86. The number of fused-ring (bicyclic) bond motifs is 3. The highest BCUT2D eigenvalue weighted by Gasteiger charge is 2.28. The van der Waals surface area contributed by atoms with Crippen LogP contribution in [0, 0.1) is 11.7 Å². The summed E-state index contributed by atoms with van der Waals surface area (Å²) in [5.41, 5.74) is 11.6. The highest BCUT2D eigenvalue weighted by molar-refractivity contribution is 6.06. The van der Waals surface area contributed by atoms with Gasteiger partial charge in [-0.1, -0.05) is 24.3 Å². The third-order valence-electron chi connectivity index (χ3n) is 7.79. The number of benzene rings is 2. The van der Waals surface area contributed by atoms with Crippen molar-refractivity contribution in [3.8, 4) is 0 Å². The Bertz CT molecular complexity index is 1530. The lowest BCUT2D eigenvalue weighted by Crippen LogP contribution is -2.26. The zero-order chi connectivity index (χ0) is 27.9. The van der Waals surface area contributed by atoms with Gasteiger partial charge in [-0.3, -0.25) is 4.98 Å². The average Bonchev–Trinajstić information content (AvgIpc) is 3.20. The van der Waals surface area contributed by atoms with E-state index in [1.54, 1.807) is 39.2 Å². The summed E-state index contributed by atoms with van der Waals surface area (Å²) in [4.78, 5) is 4.90. The quantitative estimate of drug-likeness (QED) is 0.218. The predicted octanol–water partition coefficient (Wildman–Crippen LogP) is 5.41. The second-order valence-corrected chi connectivity index (χ2v) is 11.3. The summed E-state index contributed by atoms with van der Waals surface area (Å²) in [7, 11) is 1.75. The number of pyridine rings is 1. The maximum Gasteiger partial charge on any atom is 0.123 e. The Balaban J connectivity index is 1.83. The molecule has 0 radical (unpaired) electrons. The molecule has 1 saturated heterocycles. The van der Waals surface area contributed by atoms with Gasteiger partial charge >= 0.3 is 0 Å². The van der Waals surface area contributed by atoms with E-state index in [4.69, 9.17) is 21.3 Å². The topological polar surface area (TPSA) is 103 Å². The second kappa shape index (κ2) is 10.6. The normalized spacial score (nSPS) is 16.5. The van der Waals surface area contributed by atoms with Crippen molar-refractivity contribution in [2.75, 3.05) is 20.3 Å². The van der Waals surface area contributed by atoms with Crippen molar-refractivity contribution in [1.82, 2.24) is 14.6 Å². The van der Waals surface area contributed by atoms with Gasteiger partial charge in [0, 0.05) is 43.1 Å². The first-order valence-corrected chi connectivity index (χ1v) is 13.5. The Hall–Kier alpha value is -3.46. The molecule has 0 spiro atoms. The van der Waals surface area contributed by atoms with Gasteiger partial charge in [0.2, 0.25) is 0 Å². The van der Waals surface area contributed by atoms with Crippen molar-refractivity contribution in [3.05, 3.63) is 82.9 Å². The summed E-state index contributed by atoms with van der Waals surface area (Å²) in [5.74, 6) is 6.32. The maximum absolute atomic E-state index is 14.6. The van der Waals surface area contributed by atoms with Crippen LogP contribution < -0.4 is 11.6 Å². The van der Waals surface area contributed by atoms with Crippen LogP contribution in [0.1, 0.15) is 62.8 Å². The van der Waals surface area contributed by atoms with Crippen LogP contribution in [0.25, 0.3) is 27.6 Å². The fourth-order valence-electron chi connectivity index (χ4n) is 5.86. The van der Waals surface area contributed by atoms with Crippen molar-refractivity contribution in [2.45, 2.75) is 51.7 Å². The van der Waals surface area contributed by atoms with Crippen molar-refractivity contribution in [2.24, 2.45) is 17.5 Å². The molecule has 7 nitrogen and oxygen atoms in total. The number of halogens is 1. The monoisotopic (exact) mass is 531 g/mol. The van der Waals surface area contributed by atoms with Gasteiger partial charge in [0.25, 0.3) is 0 Å². The van der Waals surface area contributed by atoms with Gasteiger partial charge in [0.05, 0.1) is 33.9 Å². The van der Waals surface area contributed by atoms with E-state index in [0.29, 0.717) is 17.3 Å². The Morgan fingerprint density at radius 1 is 1.18 bits per heavy atom. The number of hydrazine groups is 1. The maximum atomic E-state index is 14.6. The Kier molecular flexibility index (Phi) is 7.37. The first-order valence-electron chi connectivity index (χ1n) is 13.5. The summed E-state index contributed by atoms with van der Waals surface area (Å²) in [5, 5.41) is 13.3. The molecule has 5 N–H and O–H groups in total. The van der Waals surface area contributed by atoms with E-state index in [0.717, 1.165) is 71.1 Å². The fraction of sp³-hybridized carbons (Fsp3) is 0.387. The van der Waals surface area contributed by atoms with Gasteiger partial charge in [-0.2, -0.15) is 0 Å². The highest BCUT2D eigenvalue weighted by Crippen LogP contribution is 2.40. The summed E-state index contributed by atoms with van der Waals surface area (Å²) >= 11 is 0.